The van der Waals surface area contributed by atoms with Gasteiger partial charge in [-0.1, -0.05) is 230 Å². The average molecular weight is 1040 g/mol. The van der Waals surface area contributed by atoms with E-state index in [2.05, 4.69) is 69.4 Å². The van der Waals surface area contributed by atoms with Crippen molar-refractivity contribution in [2.45, 2.75) is 290 Å². The van der Waals surface area contributed by atoms with E-state index in [0.29, 0.717) is 19.3 Å². The average Bonchev–Trinajstić information content (AvgIpc) is 3.37. The zero-order chi connectivity index (χ0) is 52.7. The Hall–Kier alpha value is -2.56. The van der Waals surface area contributed by atoms with Gasteiger partial charge in [-0.2, -0.15) is 0 Å². The highest BCUT2D eigenvalue weighted by atomic mass is 31.2. The number of allylic oxidation sites excluding steroid dienone is 8. The molecule has 3 atom stereocenters. The lowest BCUT2D eigenvalue weighted by Crippen LogP contribution is -2.30. The van der Waals surface area contributed by atoms with E-state index < -0.39 is 57.8 Å². The van der Waals surface area contributed by atoms with Gasteiger partial charge in [0.15, 0.2) is 6.10 Å². The minimum atomic E-state index is -4.75. The molecule has 420 valence electrons. The third-order valence-electron chi connectivity index (χ3n) is 12.7. The minimum absolute atomic E-state index is 0.143. The fourth-order valence-electron chi connectivity index (χ4n) is 8.25. The predicted molar refractivity (Wildman–Crippen MR) is 298 cm³/mol. The third kappa shape index (κ3) is 52.3. The smallest absolute Gasteiger partial charge is 0.462 e. The highest BCUT2D eigenvalue weighted by Gasteiger charge is 2.28. The molecule has 0 aromatic rings. The number of phosphoric ester groups is 1. The van der Waals surface area contributed by atoms with Crippen LogP contribution in [0.25, 0.3) is 0 Å². The van der Waals surface area contributed by atoms with Crippen LogP contribution in [0.3, 0.4) is 0 Å². The molecule has 0 bridgehead atoms. The number of carbonyl (C=O) groups excluding carboxylic acids is 3. The van der Waals surface area contributed by atoms with Crippen LogP contribution in [-0.2, 0) is 42.2 Å². The molecule has 0 aliphatic carbocycles. The summed E-state index contributed by atoms with van der Waals surface area (Å²) in [6, 6.07) is 0. The Labute approximate surface area is 441 Å². The maximum atomic E-state index is 12.9. The van der Waals surface area contributed by atoms with Crippen molar-refractivity contribution in [1.82, 2.24) is 0 Å². The SMILES string of the molecule is CC/C=C\C/C=C\C/C=C\CCCCCC(=O)OC(CO)COP(=O)(O)OCC(COC(=O)CCCCCCC/C=C\CCCCCCCC)OC(=O)CCCCCCCCCCCCCCCCCCC. The number of ether oxygens (including phenoxy) is 3. The van der Waals surface area contributed by atoms with E-state index in [1.54, 1.807) is 0 Å². The number of hydrogen-bond donors (Lipinski definition) is 2. The van der Waals surface area contributed by atoms with Gasteiger partial charge < -0.3 is 24.2 Å². The Morgan fingerprint density at radius 2 is 0.722 bits per heavy atom. The molecule has 0 spiro atoms. The summed E-state index contributed by atoms with van der Waals surface area (Å²) in [4.78, 5) is 48.5. The van der Waals surface area contributed by atoms with Crippen molar-refractivity contribution in [2.24, 2.45) is 0 Å². The first-order valence-corrected chi connectivity index (χ1v) is 31.0. The van der Waals surface area contributed by atoms with Crippen LogP contribution in [0.1, 0.15) is 278 Å². The predicted octanol–water partition coefficient (Wildman–Crippen LogP) is 17.4. The van der Waals surface area contributed by atoms with E-state index >= 15 is 0 Å². The number of phosphoric acid groups is 1. The van der Waals surface area contributed by atoms with Gasteiger partial charge >= 0.3 is 25.7 Å². The lowest BCUT2D eigenvalue weighted by molar-refractivity contribution is -0.161. The van der Waals surface area contributed by atoms with E-state index in [1.165, 1.54) is 122 Å². The lowest BCUT2D eigenvalue weighted by atomic mass is 10.0. The van der Waals surface area contributed by atoms with Crippen LogP contribution in [0.4, 0.5) is 0 Å². The molecule has 0 aromatic carbocycles. The van der Waals surface area contributed by atoms with Crippen molar-refractivity contribution >= 4 is 25.7 Å². The fourth-order valence-corrected chi connectivity index (χ4v) is 9.03. The van der Waals surface area contributed by atoms with Crippen LogP contribution in [0.2, 0.25) is 0 Å². The number of aliphatic hydroxyl groups excluding tert-OH is 1. The van der Waals surface area contributed by atoms with Crippen molar-refractivity contribution in [3.8, 4) is 0 Å². The highest BCUT2D eigenvalue weighted by Crippen LogP contribution is 2.43. The number of carbonyl (C=O) groups is 3. The van der Waals surface area contributed by atoms with E-state index in [-0.39, 0.29) is 25.9 Å². The number of aliphatic hydroxyl groups is 1. The van der Waals surface area contributed by atoms with Gasteiger partial charge in [-0.15, -0.1) is 0 Å². The molecule has 0 rings (SSSR count). The van der Waals surface area contributed by atoms with Crippen LogP contribution >= 0.6 is 7.82 Å². The molecule has 12 heteroatoms. The zero-order valence-electron chi connectivity index (χ0n) is 46.4. The highest BCUT2D eigenvalue weighted by molar-refractivity contribution is 7.47. The van der Waals surface area contributed by atoms with E-state index in [4.69, 9.17) is 23.3 Å². The van der Waals surface area contributed by atoms with Gasteiger partial charge in [-0.3, -0.25) is 23.4 Å². The summed E-state index contributed by atoms with van der Waals surface area (Å²) in [7, 11) is -4.75. The second kappa shape index (κ2) is 54.7. The number of unbranched alkanes of at least 4 members (excludes halogenated alkanes) is 30. The van der Waals surface area contributed by atoms with Crippen molar-refractivity contribution in [1.29, 1.82) is 0 Å². The molecule has 3 unspecified atom stereocenters. The third-order valence-corrected chi connectivity index (χ3v) is 13.7. The monoisotopic (exact) mass is 1040 g/mol. The summed E-state index contributed by atoms with van der Waals surface area (Å²) in [6.45, 7) is 4.52. The van der Waals surface area contributed by atoms with Gasteiger partial charge in [-0.05, 0) is 77.0 Å². The van der Waals surface area contributed by atoms with Crippen LogP contribution in [0, 0.1) is 0 Å². The van der Waals surface area contributed by atoms with Gasteiger partial charge in [0.2, 0.25) is 0 Å². The molecule has 2 N–H and O–H groups in total. The fraction of sp³-hybridized carbons (Fsp3) is 0.817. The topological polar surface area (TPSA) is 155 Å². The number of esters is 3. The van der Waals surface area contributed by atoms with Gasteiger partial charge in [0.1, 0.15) is 12.7 Å². The molecule has 0 saturated carbocycles. The Balaban J connectivity index is 4.73. The summed E-state index contributed by atoms with van der Waals surface area (Å²) in [5.74, 6) is -1.49. The van der Waals surface area contributed by atoms with Crippen LogP contribution in [0.15, 0.2) is 48.6 Å². The largest absolute Gasteiger partial charge is 0.472 e. The van der Waals surface area contributed by atoms with Gasteiger partial charge in [0.25, 0.3) is 0 Å². The summed E-state index contributed by atoms with van der Waals surface area (Å²) in [5.41, 5.74) is 0. The van der Waals surface area contributed by atoms with Gasteiger partial charge in [0.05, 0.1) is 19.8 Å². The maximum absolute atomic E-state index is 12.9. The summed E-state index contributed by atoms with van der Waals surface area (Å²) < 4.78 is 39.5. The Bertz CT molecular complexity index is 1400. The van der Waals surface area contributed by atoms with Gasteiger partial charge in [0, 0.05) is 19.3 Å². The first kappa shape index (κ1) is 69.4. The number of hydrogen-bond acceptors (Lipinski definition) is 10. The molecule has 0 aromatic heterocycles. The van der Waals surface area contributed by atoms with Gasteiger partial charge in [-0.25, -0.2) is 4.57 Å². The van der Waals surface area contributed by atoms with Crippen LogP contribution < -0.4 is 0 Å². The molecule has 72 heavy (non-hydrogen) atoms. The van der Waals surface area contributed by atoms with E-state index in [9.17, 15) is 28.9 Å². The standard InChI is InChI=1S/C60H109O11P/c1-4-7-10-13-16-19-22-25-27-28-30-33-36-39-42-45-48-51-60(64)71-57(53-67-58(62)49-46-43-40-37-34-32-29-26-23-20-17-14-11-8-5-2)55-69-72(65,66)68-54-56(52-61)70-59(63)50-47-44-41-38-35-31-24-21-18-15-12-9-6-3/h9,12,18,21,26,29,31,35,56-57,61H,4-8,10-11,13-17,19-20,22-25,27-28,30,32-34,36-55H2,1-3H3,(H,65,66)/b12-9-,21-18-,29-26-,35-31-. The molecule has 0 aliphatic rings. The lowest BCUT2D eigenvalue weighted by Gasteiger charge is -2.21. The maximum Gasteiger partial charge on any atom is 0.472 e. The minimum Gasteiger partial charge on any atom is -0.462 e. The number of rotatable bonds is 55. The second-order valence-corrected chi connectivity index (χ2v) is 21.2. The molecular formula is C60H109O11P. The first-order valence-electron chi connectivity index (χ1n) is 29.5. The van der Waals surface area contributed by atoms with E-state index in [1.807, 2.05) is 0 Å². The Morgan fingerprint density at radius 1 is 0.403 bits per heavy atom. The summed E-state index contributed by atoms with van der Waals surface area (Å²) in [5, 5.41) is 9.80. The Kier molecular flexibility index (Phi) is 52.7. The normalized spacial score (nSPS) is 13.7. The zero-order valence-corrected chi connectivity index (χ0v) is 47.3. The van der Waals surface area contributed by atoms with Crippen LogP contribution in [0.5, 0.6) is 0 Å². The van der Waals surface area contributed by atoms with E-state index in [0.717, 1.165) is 96.3 Å². The quantitative estimate of drug-likeness (QED) is 0.0197. The molecule has 0 radical (unpaired) electrons. The molecular weight excluding hydrogens is 928 g/mol. The van der Waals surface area contributed by atoms with Crippen molar-refractivity contribution < 1.29 is 52.2 Å². The molecule has 0 saturated heterocycles. The summed E-state index contributed by atoms with van der Waals surface area (Å²) >= 11 is 0. The molecule has 11 nitrogen and oxygen atoms in total. The molecule has 0 amide bonds. The summed E-state index contributed by atoms with van der Waals surface area (Å²) in [6.07, 6.45) is 57.9. The second-order valence-electron chi connectivity index (χ2n) is 19.8. The molecule has 0 aliphatic heterocycles. The molecule has 0 fully saturated rings. The molecule has 0 heterocycles. The van der Waals surface area contributed by atoms with Crippen molar-refractivity contribution in [3.63, 3.8) is 0 Å². The van der Waals surface area contributed by atoms with Crippen LogP contribution in [-0.4, -0.2) is 66.5 Å². The van der Waals surface area contributed by atoms with Crippen molar-refractivity contribution in [3.05, 3.63) is 48.6 Å². The Morgan fingerprint density at radius 3 is 1.14 bits per heavy atom. The first-order chi connectivity index (χ1) is 35.2. The van der Waals surface area contributed by atoms with Crippen molar-refractivity contribution in [2.75, 3.05) is 26.4 Å².